The highest BCUT2D eigenvalue weighted by Gasteiger charge is 2.33. The van der Waals surface area contributed by atoms with Crippen molar-refractivity contribution < 1.29 is 13.9 Å². The van der Waals surface area contributed by atoms with Crippen molar-refractivity contribution >= 4 is 35.6 Å². The summed E-state index contributed by atoms with van der Waals surface area (Å²) in [4.78, 5) is 1.75. The first-order chi connectivity index (χ1) is 10.2. The third kappa shape index (κ3) is 4.04. The number of fused-ring (bicyclic) bond motifs is 1. The summed E-state index contributed by atoms with van der Waals surface area (Å²) < 4.78 is 27.4. The number of alkyl halides is 2. The summed E-state index contributed by atoms with van der Waals surface area (Å²) in [5, 5.41) is 14.9. The lowest BCUT2D eigenvalue weighted by Crippen LogP contribution is -2.47. The first-order valence-corrected chi connectivity index (χ1v) is 7.12. The number of nitrogens with zero attached hydrogens (tertiary/aromatic N) is 1. The van der Waals surface area contributed by atoms with E-state index >= 15 is 0 Å². The van der Waals surface area contributed by atoms with E-state index in [0.29, 0.717) is 37.1 Å². The summed E-state index contributed by atoms with van der Waals surface area (Å²) in [6.45, 7) is 2.48. The van der Waals surface area contributed by atoms with Crippen LogP contribution >= 0.6 is 24.8 Å². The number of halogens is 4. The predicted molar refractivity (Wildman–Crippen MR) is 93.3 cm³/mol. The van der Waals surface area contributed by atoms with Gasteiger partial charge in [0.2, 0.25) is 0 Å². The molecule has 2 N–H and O–H groups in total. The Balaban J connectivity index is 0.00000132. The van der Waals surface area contributed by atoms with Crippen LogP contribution in [0.15, 0.2) is 36.4 Å². The predicted octanol–water partition coefficient (Wildman–Crippen LogP) is 3.60. The molecular formula is C16H20Cl2F2N2O. The summed E-state index contributed by atoms with van der Waals surface area (Å²) in [5.74, 6) is -0.0578. The van der Waals surface area contributed by atoms with E-state index in [2.05, 4.69) is 5.32 Å². The molecule has 0 amide bonds. The molecule has 1 aliphatic heterocycles. The molecule has 1 atom stereocenters. The van der Waals surface area contributed by atoms with Crippen LogP contribution in [0.4, 0.5) is 8.78 Å². The average Bonchev–Trinajstić information content (AvgIpc) is 2.51. The van der Waals surface area contributed by atoms with E-state index < -0.39 is 12.5 Å². The van der Waals surface area contributed by atoms with Crippen molar-refractivity contribution in [1.82, 2.24) is 10.2 Å². The van der Waals surface area contributed by atoms with E-state index in [-0.39, 0.29) is 30.6 Å². The highest BCUT2D eigenvalue weighted by Crippen LogP contribution is 2.38. The van der Waals surface area contributed by atoms with E-state index in [1.165, 1.54) is 6.07 Å². The number of rotatable bonds is 3. The molecule has 128 valence electrons. The Hall–Kier alpha value is -1.14. The van der Waals surface area contributed by atoms with Gasteiger partial charge in [-0.15, -0.1) is 24.8 Å². The van der Waals surface area contributed by atoms with Crippen LogP contribution in [0.1, 0.15) is 11.6 Å². The van der Waals surface area contributed by atoms with Crippen molar-refractivity contribution in [3.05, 3.63) is 42.0 Å². The van der Waals surface area contributed by atoms with Crippen molar-refractivity contribution in [2.24, 2.45) is 0 Å². The monoisotopic (exact) mass is 364 g/mol. The van der Waals surface area contributed by atoms with Gasteiger partial charge in [0.05, 0.1) is 0 Å². The molecule has 7 heteroatoms. The van der Waals surface area contributed by atoms with E-state index in [4.69, 9.17) is 0 Å². The second kappa shape index (κ2) is 8.64. The molecule has 0 aromatic heterocycles. The highest BCUT2D eigenvalue weighted by atomic mass is 35.5. The molecule has 1 heterocycles. The van der Waals surface area contributed by atoms with Gasteiger partial charge in [0.1, 0.15) is 11.8 Å². The average molecular weight is 365 g/mol. The number of phenols is 1. The molecule has 1 fully saturated rings. The SMILES string of the molecule is Cl.Cl.Oc1ccc2ccccc2c1[C@H](C(F)F)N1CCNCC1. The number of nitrogens with one attached hydrogen (secondary N) is 1. The van der Waals surface area contributed by atoms with Crippen molar-refractivity contribution in [2.45, 2.75) is 12.5 Å². The van der Waals surface area contributed by atoms with Gasteiger partial charge in [-0.3, -0.25) is 4.90 Å². The molecule has 2 aromatic rings. The zero-order valence-electron chi connectivity index (χ0n) is 12.4. The zero-order chi connectivity index (χ0) is 14.8. The molecule has 0 aliphatic carbocycles. The third-order valence-corrected chi connectivity index (χ3v) is 4.03. The lowest BCUT2D eigenvalue weighted by atomic mass is 9.96. The molecule has 0 spiro atoms. The second-order valence-corrected chi connectivity index (χ2v) is 5.28. The molecule has 0 saturated carbocycles. The van der Waals surface area contributed by atoms with Crippen LogP contribution in [-0.4, -0.2) is 42.6 Å². The van der Waals surface area contributed by atoms with Crippen molar-refractivity contribution in [3.63, 3.8) is 0 Å². The maximum atomic E-state index is 13.7. The van der Waals surface area contributed by atoms with Crippen molar-refractivity contribution in [1.29, 1.82) is 0 Å². The molecule has 2 aromatic carbocycles. The van der Waals surface area contributed by atoms with Crippen LogP contribution in [0.25, 0.3) is 10.8 Å². The van der Waals surface area contributed by atoms with Crippen LogP contribution in [-0.2, 0) is 0 Å². The van der Waals surface area contributed by atoms with Crippen LogP contribution < -0.4 is 5.32 Å². The van der Waals surface area contributed by atoms with Crippen LogP contribution in [0, 0.1) is 0 Å². The van der Waals surface area contributed by atoms with Crippen LogP contribution in [0.3, 0.4) is 0 Å². The van der Waals surface area contributed by atoms with Gasteiger partial charge in [0.25, 0.3) is 6.43 Å². The largest absolute Gasteiger partial charge is 0.508 e. The first kappa shape index (κ1) is 19.9. The number of aromatic hydroxyl groups is 1. The fourth-order valence-corrected chi connectivity index (χ4v) is 3.02. The quantitative estimate of drug-likeness (QED) is 0.873. The van der Waals surface area contributed by atoms with Gasteiger partial charge in [-0.25, -0.2) is 8.78 Å². The van der Waals surface area contributed by atoms with Gasteiger partial charge in [-0.1, -0.05) is 30.3 Å². The van der Waals surface area contributed by atoms with E-state index in [0.717, 1.165) is 5.39 Å². The maximum absolute atomic E-state index is 13.7. The van der Waals surface area contributed by atoms with Gasteiger partial charge in [-0.05, 0) is 16.8 Å². The summed E-state index contributed by atoms with van der Waals surface area (Å²) in [7, 11) is 0. The normalized spacial score (nSPS) is 16.7. The van der Waals surface area contributed by atoms with Gasteiger partial charge >= 0.3 is 0 Å². The third-order valence-electron chi connectivity index (χ3n) is 4.03. The number of hydrogen-bond donors (Lipinski definition) is 2. The van der Waals surface area contributed by atoms with E-state index in [9.17, 15) is 13.9 Å². The van der Waals surface area contributed by atoms with Crippen molar-refractivity contribution in [3.8, 4) is 5.75 Å². The van der Waals surface area contributed by atoms with Gasteiger partial charge in [-0.2, -0.15) is 0 Å². The first-order valence-electron chi connectivity index (χ1n) is 7.12. The molecule has 0 radical (unpaired) electrons. The molecule has 1 saturated heterocycles. The van der Waals surface area contributed by atoms with Gasteiger partial charge < -0.3 is 10.4 Å². The number of hydrogen-bond acceptors (Lipinski definition) is 3. The topological polar surface area (TPSA) is 35.5 Å². The summed E-state index contributed by atoms with van der Waals surface area (Å²) in [5.41, 5.74) is 0.338. The Morgan fingerprint density at radius 3 is 2.30 bits per heavy atom. The fourth-order valence-electron chi connectivity index (χ4n) is 3.02. The van der Waals surface area contributed by atoms with Crippen LogP contribution in [0.2, 0.25) is 0 Å². The smallest absolute Gasteiger partial charge is 0.258 e. The number of benzene rings is 2. The molecule has 1 aliphatic rings. The Bertz CT molecular complexity index is 637. The second-order valence-electron chi connectivity index (χ2n) is 5.28. The van der Waals surface area contributed by atoms with Gasteiger partial charge in [0.15, 0.2) is 0 Å². The standard InChI is InChI=1S/C16H18F2N2O.2ClH/c17-16(18)15(20-9-7-19-8-10-20)14-12-4-2-1-3-11(12)5-6-13(14)21;;/h1-6,15-16,19,21H,7-10H2;2*1H/t15-;;/m1../s1. The minimum absolute atomic E-state index is 0. The molecule has 0 bridgehead atoms. The lowest BCUT2D eigenvalue weighted by molar-refractivity contribution is 0.0178. The molecular weight excluding hydrogens is 345 g/mol. The van der Waals surface area contributed by atoms with E-state index in [1.54, 1.807) is 17.0 Å². The fraction of sp³-hybridized carbons (Fsp3) is 0.375. The molecule has 3 rings (SSSR count). The number of phenolic OH excluding ortho intramolecular Hbond substituents is 1. The Kier molecular flexibility index (Phi) is 7.48. The minimum atomic E-state index is -2.54. The Morgan fingerprint density at radius 1 is 1.00 bits per heavy atom. The molecule has 0 unspecified atom stereocenters. The van der Waals surface area contributed by atoms with Crippen LogP contribution in [0.5, 0.6) is 5.75 Å². The Morgan fingerprint density at radius 2 is 1.65 bits per heavy atom. The zero-order valence-corrected chi connectivity index (χ0v) is 14.0. The minimum Gasteiger partial charge on any atom is -0.508 e. The number of piperazine rings is 1. The Labute approximate surface area is 146 Å². The molecule has 23 heavy (non-hydrogen) atoms. The summed E-state index contributed by atoms with van der Waals surface area (Å²) >= 11 is 0. The van der Waals surface area contributed by atoms with Crippen molar-refractivity contribution in [2.75, 3.05) is 26.2 Å². The maximum Gasteiger partial charge on any atom is 0.258 e. The van der Waals surface area contributed by atoms with E-state index in [1.807, 2.05) is 18.2 Å². The lowest BCUT2D eigenvalue weighted by Gasteiger charge is -2.35. The highest BCUT2D eigenvalue weighted by molar-refractivity contribution is 5.88. The summed E-state index contributed by atoms with van der Waals surface area (Å²) in [6, 6.07) is 9.54. The summed E-state index contributed by atoms with van der Waals surface area (Å²) in [6.07, 6.45) is -2.54. The molecule has 3 nitrogen and oxygen atoms in total. The van der Waals surface area contributed by atoms with Gasteiger partial charge in [0, 0.05) is 31.7 Å².